The van der Waals surface area contributed by atoms with Crippen LogP contribution in [0.1, 0.15) is 6.92 Å². The average Bonchev–Trinajstić information content (AvgIpc) is 1.68. The van der Waals surface area contributed by atoms with Crippen LogP contribution in [-0.4, -0.2) is 5.88 Å². The van der Waals surface area contributed by atoms with E-state index in [0.717, 1.165) is 0 Å². The third-order valence-electron chi connectivity index (χ3n) is 0.560. The number of nitriles is 1. The minimum Gasteiger partial charge on any atom is -0.193 e. The van der Waals surface area contributed by atoms with Gasteiger partial charge < -0.3 is 0 Å². The molecule has 0 rings (SSSR count). The minimum atomic E-state index is 0.430. The van der Waals surface area contributed by atoms with Gasteiger partial charge in [-0.05, 0) is 6.92 Å². The van der Waals surface area contributed by atoms with Crippen molar-refractivity contribution in [3.63, 3.8) is 0 Å². The highest BCUT2D eigenvalue weighted by Crippen LogP contribution is 1.88. The van der Waals surface area contributed by atoms with Gasteiger partial charge in [0.05, 0.1) is 6.07 Å². The molecule has 0 heterocycles. The zero-order valence-electron chi connectivity index (χ0n) is 4.11. The molecule has 38 valence electrons. The van der Waals surface area contributed by atoms with Gasteiger partial charge in [-0.2, -0.15) is 5.26 Å². The first kappa shape index (κ1) is 6.52. The molecule has 0 aliphatic heterocycles. The number of nitrogens with zero attached hydrogens (tertiary/aromatic N) is 1. The number of rotatable bonds is 1. The van der Waals surface area contributed by atoms with Gasteiger partial charge in [0.1, 0.15) is 0 Å². The molecule has 0 aromatic carbocycles. The maximum atomic E-state index is 8.09. The molecule has 0 N–H and O–H groups in total. The van der Waals surface area contributed by atoms with Gasteiger partial charge in [-0.25, -0.2) is 0 Å². The highest BCUT2D eigenvalue weighted by atomic mass is 35.5. The zero-order chi connectivity index (χ0) is 5.70. The van der Waals surface area contributed by atoms with Gasteiger partial charge in [-0.15, -0.1) is 11.6 Å². The summed E-state index contributed by atoms with van der Waals surface area (Å²) in [6.45, 7) is 1.72. The molecule has 0 saturated heterocycles. The lowest BCUT2D eigenvalue weighted by molar-refractivity contribution is 1.42. The Hall–Kier alpha value is -0.480. The van der Waals surface area contributed by atoms with Crippen molar-refractivity contribution in [2.75, 3.05) is 5.88 Å². The molecule has 0 fully saturated rings. The Labute approximate surface area is 48.2 Å². The van der Waals surface area contributed by atoms with Crippen molar-refractivity contribution in [1.82, 2.24) is 0 Å². The third kappa shape index (κ3) is 3.35. The monoisotopic (exact) mass is 115 g/mol. The molecule has 0 radical (unpaired) electrons. The summed E-state index contributed by atoms with van der Waals surface area (Å²) < 4.78 is 0. The predicted molar refractivity (Wildman–Crippen MR) is 30.1 cm³/mol. The fourth-order valence-electron chi connectivity index (χ4n) is 0.161. The number of allylic oxidation sites excluding steroid dienone is 2. The summed E-state index contributed by atoms with van der Waals surface area (Å²) in [5.41, 5.74) is 0.676. The Balaban J connectivity index is 3.57. The lowest BCUT2D eigenvalue weighted by Gasteiger charge is -1.75. The molecule has 0 amide bonds. The topological polar surface area (TPSA) is 23.8 Å². The quantitative estimate of drug-likeness (QED) is 0.377. The second kappa shape index (κ2) is 3.70. The zero-order valence-corrected chi connectivity index (χ0v) is 4.87. The third-order valence-corrected chi connectivity index (χ3v) is 0.714. The molecule has 0 atom stereocenters. The van der Waals surface area contributed by atoms with Crippen molar-refractivity contribution < 1.29 is 0 Å². The van der Waals surface area contributed by atoms with Crippen LogP contribution in [0.15, 0.2) is 11.6 Å². The van der Waals surface area contributed by atoms with Crippen molar-refractivity contribution in [3.8, 4) is 6.07 Å². The molecule has 0 unspecified atom stereocenters. The van der Waals surface area contributed by atoms with E-state index in [-0.39, 0.29) is 0 Å². The Morgan fingerprint density at radius 3 is 2.71 bits per heavy atom. The molecular formula is C5H6ClN. The normalized spacial score (nSPS) is 10.7. The maximum absolute atomic E-state index is 8.09. The van der Waals surface area contributed by atoms with E-state index in [4.69, 9.17) is 16.9 Å². The van der Waals surface area contributed by atoms with Gasteiger partial charge in [0.15, 0.2) is 0 Å². The maximum Gasteiger partial charge on any atom is 0.0941 e. The molecule has 0 aliphatic carbocycles. The number of alkyl halides is 1. The van der Waals surface area contributed by atoms with Gasteiger partial charge in [-0.3, -0.25) is 0 Å². The molecule has 0 saturated carbocycles. The van der Waals surface area contributed by atoms with E-state index < -0.39 is 0 Å². The Morgan fingerprint density at radius 1 is 2.00 bits per heavy atom. The van der Waals surface area contributed by atoms with Crippen molar-refractivity contribution in [2.45, 2.75) is 6.92 Å². The van der Waals surface area contributed by atoms with Gasteiger partial charge in [0.2, 0.25) is 0 Å². The molecule has 1 nitrogen and oxygen atoms in total. The highest BCUT2D eigenvalue weighted by Gasteiger charge is 1.76. The second-order valence-corrected chi connectivity index (χ2v) is 1.46. The SMILES string of the molecule is C/C(C#N)=C/CCl. The first-order chi connectivity index (χ1) is 3.31. The minimum absolute atomic E-state index is 0.430. The number of hydrogen-bond donors (Lipinski definition) is 0. The molecule has 0 bridgehead atoms. The van der Waals surface area contributed by atoms with Crippen LogP contribution in [0.2, 0.25) is 0 Å². The summed E-state index contributed by atoms with van der Waals surface area (Å²) in [6, 6.07) is 1.94. The van der Waals surface area contributed by atoms with E-state index in [0.29, 0.717) is 11.5 Å². The van der Waals surface area contributed by atoms with Crippen LogP contribution in [-0.2, 0) is 0 Å². The Bertz CT molecular complexity index is 110. The standard InChI is InChI=1S/C5H6ClN/c1-5(4-7)2-3-6/h2H,3H2,1H3/b5-2-. The van der Waals surface area contributed by atoms with Crippen LogP contribution < -0.4 is 0 Å². The van der Waals surface area contributed by atoms with E-state index in [9.17, 15) is 0 Å². The van der Waals surface area contributed by atoms with Crippen LogP contribution in [0.5, 0.6) is 0 Å². The van der Waals surface area contributed by atoms with E-state index in [1.807, 2.05) is 6.07 Å². The predicted octanol–water partition coefficient (Wildman–Crippen LogP) is 1.70. The molecule has 7 heavy (non-hydrogen) atoms. The van der Waals surface area contributed by atoms with Gasteiger partial charge >= 0.3 is 0 Å². The highest BCUT2D eigenvalue weighted by molar-refractivity contribution is 6.18. The summed E-state index contributed by atoms with van der Waals surface area (Å²) in [5, 5.41) is 8.09. The first-order valence-corrected chi connectivity index (χ1v) is 2.47. The largest absolute Gasteiger partial charge is 0.193 e. The van der Waals surface area contributed by atoms with Crippen LogP contribution in [0.3, 0.4) is 0 Å². The van der Waals surface area contributed by atoms with Crippen LogP contribution >= 0.6 is 11.6 Å². The smallest absolute Gasteiger partial charge is 0.0941 e. The Morgan fingerprint density at radius 2 is 2.57 bits per heavy atom. The van der Waals surface area contributed by atoms with E-state index in [1.54, 1.807) is 13.0 Å². The van der Waals surface area contributed by atoms with Crippen LogP contribution in [0.4, 0.5) is 0 Å². The van der Waals surface area contributed by atoms with Crippen LogP contribution in [0, 0.1) is 11.3 Å². The summed E-state index contributed by atoms with van der Waals surface area (Å²) >= 11 is 5.25. The summed E-state index contributed by atoms with van der Waals surface area (Å²) in [7, 11) is 0. The van der Waals surface area contributed by atoms with E-state index in [1.165, 1.54) is 0 Å². The second-order valence-electron chi connectivity index (χ2n) is 1.15. The molecule has 0 aliphatic rings. The average molecular weight is 116 g/mol. The van der Waals surface area contributed by atoms with Crippen LogP contribution in [0.25, 0.3) is 0 Å². The van der Waals surface area contributed by atoms with Crippen molar-refractivity contribution in [2.24, 2.45) is 0 Å². The Kier molecular flexibility index (Phi) is 3.45. The van der Waals surface area contributed by atoms with Crippen molar-refractivity contribution in [1.29, 1.82) is 5.26 Å². The summed E-state index contributed by atoms with van der Waals surface area (Å²) in [6.07, 6.45) is 1.67. The fraction of sp³-hybridized carbons (Fsp3) is 0.400. The van der Waals surface area contributed by atoms with Crippen molar-refractivity contribution in [3.05, 3.63) is 11.6 Å². The molecule has 0 spiro atoms. The van der Waals surface area contributed by atoms with E-state index >= 15 is 0 Å². The first-order valence-electron chi connectivity index (χ1n) is 1.94. The van der Waals surface area contributed by atoms with Gasteiger partial charge in [-0.1, -0.05) is 6.08 Å². The fourth-order valence-corrected chi connectivity index (χ4v) is 0.393. The lowest BCUT2D eigenvalue weighted by Crippen LogP contribution is -1.66. The number of halogens is 1. The lowest BCUT2D eigenvalue weighted by atomic mass is 10.3. The van der Waals surface area contributed by atoms with Crippen molar-refractivity contribution >= 4 is 11.6 Å². The molecule has 0 aromatic heterocycles. The van der Waals surface area contributed by atoms with Gasteiger partial charge in [0, 0.05) is 11.5 Å². The molecule has 0 aromatic rings. The van der Waals surface area contributed by atoms with E-state index in [2.05, 4.69) is 0 Å². The summed E-state index contributed by atoms with van der Waals surface area (Å²) in [5.74, 6) is 0.430. The number of hydrogen-bond acceptors (Lipinski definition) is 1. The van der Waals surface area contributed by atoms with Gasteiger partial charge in [0.25, 0.3) is 0 Å². The molecule has 2 heteroatoms. The summed E-state index contributed by atoms with van der Waals surface area (Å²) in [4.78, 5) is 0. The molecular weight excluding hydrogens is 110 g/mol.